The van der Waals surface area contributed by atoms with Gasteiger partial charge in [-0.1, -0.05) is 13.0 Å². The van der Waals surface area contributed by atoms with Gasteiger partial charge in [-0.25, -0.2) is 0 Å². The molecule has 4 nitrogen and oxygen atoms in total. The number of amides is 1. The van der Waals surface area contributed by atoms with Gasteiger partial charge in [0.05, 0.1) is 14.2 Å². The molecule has 1 aliphatic carbocycles. The summed E-state index contributed by atoms with van der Waals surface area (Å²) >= 11 is 0. The van der Waals surface area contributed by atoms with Crippen molar-refractivity contribution >= 4 is 5.91 Å². The first-order valence-electron chi connectivity index (χ1n) is 6.64. The molecule has 1 amide bonds. The van der Waals surface area contributed by atoms with Gasteiger partial charge in [0, 0.05) is 12.5 Å². The molecule has 4 heteroatoms. The van der Waals surface area contributed by atoms with Gasteiger partial charge in [-0.3, -0.25) is 4.79 Å². The molecule has 1 N–H and O–H groups in total. The van der Waals surface area contributed by atoms with E-state index in [0.717, 1.165) is 29.9 Å². The highest BCUT2D eigenvalue weighted by molar-refractivity contribution is 5.81. The van der Waals surface area contributed by atoms with Gasteiger partial charge in [0.15, 0.2) is 11.5 Å². The van der Waals surface area contributed by atoms with Crippen molar-refractivity contribution in [2.45, 2.75) is 19.8 Å². The molecule has 1 aliphatic rings. The number of methoxy groups -OCH3 is 2. The first-order valence-corrected chi connectivity index (χ1v) is 6.64. The Labute approximate surface area is 114 Å². The van der Waals surface area contributed by atoms with Crippen LogP contribution in [0.3, 0.4) is 0 Å². The standard InChI is InChI=1S/C15H21NO3/c1-10-8-12(10)15(17)16-7-6-11-4-5-13(18-2)14(9-11)19-3/h4-5,9-10,12H,6-8H2,1-3H3,(H,16,17)/t10-,12+/m1/s1. The summed E-state index contributed by atoms with van der Waals surface area (Å²) in [6.45, 7) is 2.77. The maximum Gasteiger partial charge on any atom is 0.223 e. The van der Waals surface area contributed by atoms with Crippen molar-refractivity contribution in [2.24, 2.45) is 11.8 Å². The van der Waals surface area contributed by atoms with Gasteiger partial charge in [0.1, 0.15) is 0 Å². The zero-order valence-corrected chi connectivity index (χ0v) is 11.7. The van der Waals surface area contributed by atoms with Crippen molar-refractivity contribution in [3.05, 3.63) is 23.8 Å². The number of hydrogen-bond acceptors (Lipinski definition) is 3. The molecule has 2 rings (SSSR count). The average molecular weight is 263 g/mol. The quantitative estimate of drug-likeness (QED) is 0.854. The molecule has 0 unspecified atom stereocenters. The van der Waals surface area contributed by atoms with E-state index in [-0.39, 0.29) is 11.8 Å². The van der Waals surface area contributed by atoms with E-state index in [0.29, 0.717) is 12.5 Å². The van der Waals surface area contributed by atoms with Crippen LogP contribution < -0.4 is 14.8 Å². The molecule has 2 atom stereocenters. The van der Waals surface area contributed by atoms with E-state index >= 15 is 0 Å². The van der Waals surface area contributed by atoms with Crippen molar-refractivity contribution in [1.29, 1.82) is 0 Å². The molecule has 0 aliphatic heterocycles. The fourth-order valence-electron chi connectivity index (χ4n) is 2.18. The van der Waals surface area contributed by atoms with E-state index in [1.165, 1.54) is 0 Å². The number of benzene rings is 1. The normalized spacial score (nSPS) is 20.8. The zero-order chi connectivity index (χ0) is 13.8. The minimum atomic E-state index is 0.188. The molecule has 0 bridgehead atoms. The first-order chi connectivity index (χ1) is 9.15. The number of carbonyl (C=O) groups excluding carboxylic acids is 1. The number of nitrogens with one attached hydrogen (secondary N) is 1. The molecule has 1 fully saturated rings. The van der Waals surface area contributed by atoms with Crippen LogP contribution in [0.1, 0.15) is 18.9 Å². The fourth-order valence-corrected chi connectivity index (χ4v) is 2.18. The minimum Gasteiger partial charge on any atom is -0.493 e. The van der Waals surface area contributed by atoms with Crippen LogP contribution >= 0.6 is 0 Å². The van der Waals surface area contributed by atoms with E-state index in [1.807, 2.05) is 18.2 Å². The molecule has 0 aromatic heterocycles. The summed E-state index contributed by atoms with van der Waals surface area (Å²) in [5.74, 6) is 2.43. The van der Waals surface area contributed by atoms with Gasteiger partial charge >= 0.3 is 0 Å². The summed E-state index contributed by atoms with van der Waals surface area (Å²) in [4.78, 5) is 11.7. The fraction of sp³-hybridized carbons (Fsp3) is 0.533. The Kier molecular flexibility index (Phi) is 4.30. The van der Waals surface area contributed by atoms with Crippen molar-refractivity contribution in [1.82, 2.24) is 5.32 Å². The van der Waals surface area contributed by atoms with Crippen LogP contribution in [-0.4, -0.2) is 26.7 Å². The van der Waals surface area contributed by atoms with Crippen LogP contribution in [0.4, 0.5) is 0 Å². The molecular formula is C15H21NO3. The first kappa shape index (κ1) is 13.7. The Bertz CT molecular complexity index is 459. The molecule has 1 saturated carbocycles. The van der Waals surface area contributed by atoms with Gasteiger partial charge in [-0.15, -0.1) is 0 Å². The molecule has 104 valence electrons. The number of hydrogen-bond donors (Lipinski definition) is 1. The third kappa shape index (κ3) is 3.40. The van der Waals surface area contributed by atoms with Crippen molar-refractivity contribution < 1.29 is 14.3 Å². The molecule has 0 heterocycles. The van der Waals surface area contributed by atoms with E-state index in [1.54, 1.807) is 14.2 Å². The van der Waals surface area contributed by atoms with Gasteiger partial charge in [-0.05, 0) is 36.5 Å². The zero-order valence-electron chi connectivity index (χ0n) is 11.7. The van der Waals surface area contributed by atoms with Gasteiger partial charge in [-0.2, -0.15) is 0 Å². The van der Waals surface area contributed by atoms with Gasteiger partial charge < -0.3 is 14.8 Å². The lowest BCUT2D eigenvalue weighted by Crippen LogP contribution is -2.27. The van der Waals surface area contributed by atoms with Crippen LogP contribution in [0, 0.1) is 11.8 Å². The molecule has 0 spiro atoms. The lowest BCUT2D eigenvalue weighted by molar-refractivity contribution is -0.122. The van der Waals surface area contributed by atoms with E-state index in [4.69, 9.17) is 9.47 Å². The molecule has 1 aromatic rings. The van der Waals surface area contributed by atoms with Crippen molar-refractivity contribution in [3.8, 4) is 11.5 Å². The van der Waals surface area contributed by atoms with Gasteiger partial charge in [0.2, 0.25) is 5.91 Å². The smallest absolute Gasteiger partial charge is 0.223 e. The molecule has 0 radical (unpaired) electrons. The summed E-state index contributed by atoms with van der Waals surface area (Å²) in [5, 5.41) is 2.98. The van der Waals surface area contributed by atoms with E-state index in [2.05, 4.69) is 12.2 Å². The Morgan fingerprint density at radius 1 is 1.32 bits per heavy atom. The molecular weight excluding hydrogens is 242 g/mol. The predicted octanol–water partition coefficient (Wildman–Crippen LogP) is 2.02. The lowest BCUT2D eigenvalue weighted by atomic mass is 10.1. The Hall–Kier alpha value is -1.71. The SMILES string of the molecule is COc1ccc(CCNC(=O)[C@H]2C[C@H]2C)cc1OC. The third-order valence-electron chi connectivity index (χ3n) is 3.61. The molecule has 19 heavy (non-hydrogen) atoms. The second kappa shape index (κ2) is 5.95. The lowest BCUT2D eigenvalue weighted by Gasteiger charge is -2.10. The third-order valence-corrected chi connectivity index (χ3v) is 3.61. The van der Waals surface area contributed by atoms with Crippen molar-refractivity contribution in [2.75, 3.05) is 20.8 Å². The van der Waals surface area contributed by atoms with Crippen LogP contribution in [-0.2, 0) is 11.2 Å². The Morgan fingerprint density at radius 3 is 2.58 bits per heavy atom. The summed E-state index contributed by atoms with van der Waals surface area (Å²) in [6.07, 6.45) is 1.83. The van der Waals surface area contributed by atoms with E-state index < -0.39 is 0 Å². The number of carbonyl (C=O) groups is 1. The Balaban J connectivity index is 1.84. The average Bonchev–Trinajstić information content (AvgIpc) is 3.15. The second-order valence-electron chi connectivity index (χ2n) is 5.05. The Morgan fingerprint density at radius 2 is 2.00 bits per heavy atom. The minimum absolute atomic E-state index is 0.188. The second-order valence-corrected chi connectivity index (χ2v) is 5.05. The highest BCUT2D eigenvalue weighted by Gasteiger charge is 2.38. The van der Waals surface area contributed by atoms with Crippen LogP contribution in [0.25, 0.3) is 0 Å². The summed E-state index contributed by atoms with van der Waals surface area (Å²) in [6, 6.07) is 5.83. The number of rotatable bonds is 6. The summed E-state index contributed by atoms with van der Waals surface area (Å²) < 4.78 is 10.4. The molecule has 0 saturated heterocycles. The summed E-state index contributed by atoms with van der Waals surface area (Å²) in [7, 11) is 3.24. The van der Waals surface area contributed by atoms with Crippen LogP contribution in [0.2, 0.25) is 0 Å². The highest BCUT2D eigenvalue weighted by atomic mass is 16.5. The van der Waals surface area contributed by atoms with Crippen molar-refractivity contribution in [3.63, 3.8) is 0 Å². The molecule has 1 aromatic carbocycles. The van der Waals surface area contributed by atoms with Gasteiger partial charge in [0.25, 0.3) is 0 Å². The highest BCUT2D eigenvalue weighted by Crippen LogP contribution is 2.37. The largest absolute Gasteiger partial charge is 0.493 e. The topological polar surface area (TPSA) is 47.6 Å². The maximum atomic E-state index is 11.7. The van der Waals surface area contributed by atoms with Crippen LogP contribution in [0.5, 0.6) is 11.5 Å². The monoisotopic (exact) mass is 263 g/mol. The van der Waals surface area contributed by atoms with E-state index in [9.17, 15) is 4.79 Å². The number of ether oxygens (including phenoxy) is 2. The summed E-state index contributed by atoms with van der Waals surface area (Å²) in [5.41, 5.74) is 1.13. The maximum absolute atomic E-state index is 11.7. The predicted molar refractivity (Wildman–Crippen MR) is 73.5 cm³/mol. The van der Waals surface area contributed by atoms with Crippen LogP contribution in [0.15, 0.2) is 18.2 Å².